The van der Waals surface area contributed by atoms with Gasteiger partial charge in [-0.25, -0.2) is 0 Å². The monoisotopic (exact) mass is 872 g/mol. The molecule has 5 heterocycles. The Morgan fingerprint density at radius 2 is 1.00 bits per heavy atom. The molecule has 0 N–H and O–H groups in total. The number of pyridine rings is 1. The molecule has 64 heavy (non-hydrogen) atoms. The molecule has 3 aromatic carbocycles. The van der Waals surface area contributed by atoms with Crippen LogP contribution >= 0.6 is 0 Å². The summed E-state index contributed by atoms with van der Waals surface area (Å²) in [6.45, 7) is 21.0. The first-order valence-corrected chi connectivity index (χ1v) is 24.0. The number of ether oxygens (including phenoxy) is 2. The summed E-state index contributed by atoms with van der Waals surface area (Å²) in [6, 6.07) is 35.9. The number of piperazine rings is 2. The second-order valence-electron chi connectivity index (χ2n) is 18.2. The molecule has 0 bridgehead atoms. The lowest BCUT2D eigenvalue weighted by atomic mass is 9.85. The lowest BCUT2D eigenvalue weighted by Crippen LogP contribution is -2.63. The Balaban J connectivity index is 0.000000192. The Bertz CT molecular complexity index is 1960. The SMILES string of the molecule is CCC(=O)N(CC1(N2CCN(Cc3ccccc3)CC2)CCOCC1)C(C)c1ccccc1.CCC(=O)N(CC1(N2CCN(Cc3ccccc3)CC2)CCOCC1)c1ccncc1. The molecular weight excluding hydrogens is 799 g/mol. The van der Waals surface area contributed by atoms with Gasteiger partial charge in [-0.1, -0.05) is 105 Å². The maximum Gasteiger partial charge on any atom is 0.226 e. The highest BCUT2D eigenvalue weighted by atomic mass is 16.5. The normalized spacial score (nSPS) is 20.0. The van der Waals surface area contributed by atoms with E-state index in [9.17, 15) is 9.59 Å². The average molecular weight is 872 g/mol. The van der Waals surface area contributed by atoms with Crippen molar-refractivity contribution in [2.45, 2.75) is 89.5 Å². The highest BCUT2D eigenvalue weighted by Gasteiger charge is 2.44. The van der Waals surface area contributed by atoms with Crippen LogP contribution in [0.1, 0.15) is 82.0 Å². The van der Waals surface area contributed by atoms with Crippen LogP contribution in [0.15, 0.2) is 116 Å². The average Bonchev–Trinajstić information content (AvgIpc) is 3.36. The summed E-state index contributed by atoms with van der Waals surface area (Å²) in [6.07, 6.45) is 8.47. The third-order valence-electron chi connectivity index (χ3n) is 14.3. The van der Waals surface area contributed by atoms with Gasteiger partial charge in [-0.3, -0.25) is 34.2 Å². The van der Waals surface area contributed by atoms with Crippen molar-refractivity contribution in [3.63, 3.8) is 0 Å². The summed E-state index contributed by atoms with van der Waals surface area (Å²) in [7, 11) is 0. The highest BCUT2D eigenvalue weighted by Crippen LogP contribution is 2.35. The second kappa shape index (κ2) is 23.6. The Morgan fingerprint density at radius 1 is 0.578 bits per heavy atom. The lowest BCUT2D eigenvalue weighted by Gasteiger charge is -2.52. The van der Waals surface area contributed by atoms with Crippen LogP contribution < -0.4 is 4.90 Å². The third kappa shape index (κ3) is 12.4. The van der Waals surface area contributed by atoms with Gasteiger partial charge in [-0.2, -0.15) is 0 Å². The summed E-state index contributed by atoms with van der Waals surface area (Å²) in [5.41, 5.74) is 4.85. The molecule has 2 amide bonds. The van der Waals surface area contributed by atoms with Crippen LogP contribution in [0.3, 0.4) is 0 Å². The maximum absolute atomic E-state index is 13.1. The van der Waals surface area contributed by atoms with Crippen molar-refractivity contribution < 1.29 is 19.1 Å². The minimum Gasteiger partial charge on any atom is -0.381 e. The Labute approximate surface area is 383 Å². The fourth-order valence-corrected chi connectivity index (χ4v) is 10.3. The molecule has 4 fully saturated rings. The molecule has 0 aliphatic carbocycles. The topological polar surface area (TPSA) is 84.9 Å². The molecule has 4 aromatic rings. The van der Waals surface area contributed by atoms with Crippen LogP contribution in [0.5, 0.6) is 0 Å². The van der Waals surface area contributed by atoms with Gasteiger partial charge in [0.2, 0.25) is 11.8 Å². The molecule has 4 saturated heterocycles. The fraction of sp³-hybridized carbons (Fsp3) is 0.528. The first-order chi connectivity index (χ1) is 31.3. The van der Waals surface area contributed by atoms with Gasteiger partial charge in [-0.15, -0.1) is 0 Å². The fourth-order valence-electron chi connectivity index (χ4n) is 10.3. The van der Waals surface area contributed by atoms with Gasteiger partial charge >= 0.3 is 0 Å². The maximum atomic E-state index is 13.1. The van der Waals surface area contributed by atoms with Gasteiger partial charge in [0.15, 0.2) is 0 Å². The molecular formula is C53H73N7O4. The molecule has 8 rings (SSSR count). The van der Waals surface area contributed by atoms with E-state index in [1.54, 1.807) is 12.4 Å². The lowest BCUT2D eigenvalue weighted by molar-refractivity contribution is -0.138. The van der Waals surface area contributed by atoms with E-state index in [1.807, 2.05) is 36.9 Å². The van der Waals surface area contributed by atoms with Gasteiger partial charge in [0.1, 0.15) is 0 Å². The zero-order chi connectivity index (χ0) is 44.6. The quantitative estimate of drug-likeness (QED) is 0.120. The molecule has 0 radical (unpaired) electrons. The number of carbonyl (C=O) groups is 2. The second-order valence-corrected chi connectivity index (χ2v) is 18.2. The van der Waals surface area contributed by atoms with Crippen LogP contribution in [0.25, 0.3) is 0 Å². The standard InChI is InChI=1S/C28H39N3O2.C25H34N4O2/c1-3-27(32)31(24(2)26-12-8-5-9-13-26)23-28(14-20-33-21-15-28)30-18-16-29(17-19-30)22-25-10-6-4-7-11-25;1-2-24(30)29(23-8-12-26-13-9-23)21-25(10-18-31-19-11-25)28-16-14-27(15-17-28)20-22-6-4-3-5-7-22/h4-13,24H,3,14-23H2,1-2H3;3-9,12-13H,2,10-11,14-21H2,1H3. The Hall–Kier alpha value is -4.49. The molecule has 344 valence electrons. The van der Waals surface area contributed by atoms with Gasteiger partial charge in [0.25, 0.3) is 0 Å². The number of aromatic nitrogens is 1. The van der Waals surface area contributed by atoms with Crippen molar-refractivity contribution in [3.05, 3.63) is 132 Å². The Morgan fingerprint density at radius 3 is 1.44 bits per heavy atom. The first-order valence-electron chi connectivity index (χ1n) is 24.0. The van der Waals surface area contributed by atoms with E-state index < -0.39 is 0 Å². The summed E-state index contributed by atoms with van der Waals surface area (Å²) in [5.74, 6) is 0.403. The molecule has 1 unspecified atom stereocenters. The van der Waals surface area contributed by atoms with Crippen LogP contribution in [0, 0.1) is 0 Å². The van der Waals surface area contributed by atoms with E-state index >= 15 is 0 Å². The predicted molar refractivity (Wildman–Crippen MR) is 256 cm³/mol. The number of benzene rings is 3. The van der Waals surface area contributed by atoms with Crippen molar-refractivity contribution in [2.24, 2.45) is 0 Å². The van der Waals surface area contributed by atoms with Gasteiger partial charge in [0.05, 0.1) is 6.04 Å². The van der Waals surface area contributed by atoms with Crippen molar-refractivity contribution in [1.82, 2.24) is 29.5 Å². The molecule has 0 spiro atoms. The summed E-state index contributed by atoms with van der Waals surface area (Å²) < 4.78 is 11.5. The van der Waals surface area contributed by atoms with E-state index in [0.29, 0.717) is 19.4 Å². The molecule has 0 saturated carbocycles. The molecule has 1 atom stereocenters. The number of amides is 2. The van der Waals surface area contributed by atoms with E-state index in [0.717, 1.165) is 130 Å². The number of carbonyl (C=O) groups excluding carboxylic acids is 2. The molecule has 11 nitrogen and oxygen atoms in total. The summed E-state index contributed by atoms with van der Waals surface area (Å²) in [4.78, 5) is 44.7. The van der Waals surface area contributed by atoms with Crippen molar-refractivity contribution in [1.29, 1.82) is 0 Å². The summed E-state index contributed by atoms with van der Waals surface area (Å²) in [5, 5.41) is 0. The number of hydrogen-bond donors (Lipinski definition) is 0. The van der Waals surface area contributed by atoms with Crippen molar-refractivity contribution in [2.75, 3.05) is 96.8 Å². The zero-order valence-electron chi connectivity index (χ0n) is 38.9. The molecule has 11 heteroatoms. The number of hydrogen-bond acceptors (Lipinski definition) is 9. The van der Waals surface area contributed by atoms with Crippen LogP contribution in [-0.2, 0) is 32.2 Å². The minimum atomic E-state index is -0.0365. The minimum absolute atomic E-state index is 0.00897. The molecule has 4 aliphatic rings. The van der Waals surface area contributed by atoms with Gasteiger partial charge < -0.3 is 19.3 Å². The molecule has 4 aliphatic heterocycles. The zero-order valence-corrected chi connectivity index (χ0v) is 38.9. The highest BCUT2D eigenvalue weighted by molar-refractivity contribution is 5.93. The van der Waals surface area contributed by atoms with E-state index in [4.69, 9.17) is 9.47 Å². The first kappa shape index (κ1) is 47.5. The summed E-state index contributed by atoms with van der Waals surface area (Å²) >= 11 is 0. The smallest absolute Gasteiger partial charge is 0.226 e. The van der Waals surface area contributed by atoms with E-state index in [-0.39, 0.29) is 28.9 Å². The largest absolute Gasteiger partial charge is 0.381 e. The van der Waals surface area contributed by atoms with E-state index in [2.05, 4.69) is 121 Å². The van der Waals surface area contributed by atoms with Gasteiger partial charge in [-0.05, 0) is 61.4 Å². The molecule has 1 aromatic heterocycles. The number of rotatable bonds is 15. The predicted octanol–water partition coefficient (Wildman–Crippen LogP) is 7.54. The Kier molecular flexibility index (Phi) is 17.5. The number of nitrogens with zero attached hydrogens (tertiary/aromatic N) is 7. The van der Waals surface area contributed by atoms with Crippen molar-refractivity contribution >= 4 is 17.5 Å². The van der Waals surface area contributed by atoms with Crippen LogP contribution in [0.2, 0.25) is 0 Å². The third-order valence-corrected chi connectivity index (χ3v) is 14.3. The number of anilines is 1. The van der Waals surface area contributed by atoms with Crippen molar-refractivity contribution in [3.8, 4) is 0 Å². The van der Waals surface area contributed by atoms with Crippen LogP contribution in [0.4, 0.5) is 5.69 Å². The van der Waals surface area contributed by atoms with E-state index in [1.165, 1.54) is 16.7 Å². The van der Waals surface area contributed by atoms with Gasteiger partial charge in [0, 0.05) is 147 Å². The van der Waals surface area contributed by atoms with Crippen LogP contribution in [-0.4, -0.2) is 144 Å².